The van der Waals surface area contributed by atoms with Crippen molar-refractivity contribution in [2.24, 2.45) is 0 Å². The summed E-state index contributed by atoms with van der Waals surface area (Å²) in [5, 5.41) is 3.21. The Labute approximate surface area is 183 Å². The largest absolute Gasteiger partial charge is 0.488 e. The van der Waals surface area contributed by atoms with Crippen molar-refractivity contribution in [2.75, 3.05) is 40.8 Å². The second-order valence-electron chi connectivity index (χ2n) is 8.13. The minimum absolute atomic E-state index is 0.000656. The summed E-state index contributed by atoms with van der Waals surface area (Å²) in [7, 11) is 6.38. The summed E-state index contributed by atoms with van der Waals surface area (Å²) in [5.41, 5.74) is 2.75. The van der Waals surface area contributed by atoms with Crippen LogP contribution in [0.4, 0.5) is 0 Å². The molecule has 0 saturated carbocycles. The SMILES string of the molecule is C/C=C(\S)C(CCNC)O/C(C)=C(/C)N1CCC(c2ccccc2)(N(C)C)CC1. The lowest BCUT2D eigenvalue weighted by Crippen LogP contribution is -2.50. The van der Waals surface area contributed by atoms with Gasteiger partial charge < -0.3 is 15.0 Å². The maximum Gasteiger partial charge on any atom is 0.130 e. The van der Waals surface area contributed by atoms with Crippen molar-refractivity contribution >= 4 is 12.6 Å². The van der Waals surface area contributed by atoms with Crippen molar-refractivity contribution in [3.63, 3.8) is 0 Å². The second kappa shape index (κ2) is 11.1. The molecule has 1 atom stereocenters. The lowest BCUT2D eigenvalue weighted by atomic mass is 9.79. The van der Waals surface area contributed by atoms with Crippen LogP contribution in [0.25, 0.3) is 0 Å². The van der Waals surface area contributed by atoms with Gasteiger partial charge in [-0.2, -0.15) is 0 Å². The number of allylic oxidation sites excluding steroid dienone is 3. The molecular weight excluding hydrogens is 378 g/mol. The van der Waals surface area contributed by atoms with Crippen molar-refractivity contribution in [3.05, 3.63) is 58.3 Å². The van der Waals surface area contributed by atoms with Gasteiger partial charge in [-0.05, 0) is 66.9 Å². The first-order valence-electron chi connectivity index (χ1n) is 10.7. The fourth-order valence-electron chi connectivity index (χ4n) is 4.20. The van der Waals surface area contributed by atoms with Crippen molar-refractivity contribution in [1.82, 2.24) is 15.1 Å². The molecular formula is C24H39N3OS. The molecule has 4 nitrogen and oxygen atoms in total. The van der Waals surface area contributed by atoms with E-state index in [1.165, 1.54) is 11.3 Å². The molecule has 1 aliphatic rings. The quantitative estimate of drug-likeness (QED) is 0.453. The summed E-state index contributed by atoms with van der Waals surface area (Å²) in [6.45, 7) is 9.24. The van der Waals surface area contributed by atoms with E-state index >= 15 is 0 Å². The average molecular weight is 418 g/mol. The van der Waals surface area contributed by atoms with Gasteiger partial charge in [0.2, 0.25) is 0 Å². The van der Waals surface area contributed by atoms with Crippen LogP contribution in [0.5, 0.6) is 0 Å². The topological polar surface area (TPSA) is 27.7 Å². The summed E-state index contributed by atoms with van der Waals surface area (Å²) < 4.78 is 6.35. The fourth-order valence-corrected chi connectivity index (χ4v) is 4.39. The molecule has 0 aromatic heterocycles. The Morgan fingerprint density at radius 1 is 1.24 bits per heavy atom. The zero-order valence-corrected chi connectivity index (χ0v) is 19.9. The van der Waals surface area contributed by atoms with E-state index in [0.717, 1.165) is 49.6 Å². The molecule has 1 aromatic rings. The molecule has 1 aromatic carbocycles. The highest BCUT2D eigenvalue weighted by Gasteiger charge is 2.38. The summed E-state index contributed by atoms with van der Waals surface area (Å²) in [5.74, 6) is 0.997. The number of hydrogen-bond donors (Lipinski definition) is 2. The number of rotatable bonds is 9. The summed E-state index contributed by atoms with van der Waals surface area (Å²) in [4.78, 5) is 5.86. The molecule has 1 aliphatic heterocycles. The Morgan fingerprint density at radius 2 is 1.86 bits per heavy atom. The molecule has 0 bridgehead atoms. The van der Waals surface area contributed by atoms with Crippen LogP contribution in [0.1, 0.15) is 45.6 Å². The summed E-state index contributed by atoms with van der Waals surface area (Å²) in [6.07, 6.45) is 5.13. The van der Waals surface area contributed by atoms with Gasteiger partial charge in [0.05, 0.1) is 0 Å². The van der Waals surface area contributed by atoms with Crippen LogP contribution in [-0.4, -0.2) is 56.7 Å². The Hall–Kier alpha value is -1.43. The monoisotopic (exact) mass is 417 g/mol. The van der Waals surface area contributed by atoms with E-state index in [2.05, 4.69) is 86.0 Å². The Bertz CT molecular complexity index is 691. The molecule has 5 heteroatoms. The Morgan fingerprint density at radius 3 is 2.38 bits per heavy atom. The first-order chi connectivity index (χ1) is 13.9. The normalized spacial score (nSPS) is 19.2. The van der Waals surface area contributed by atoms with Gasteiger partial charge in [0.25, 0.3) is 0 Å². The Kier molecular flexibility index (Phi) is 9.12. The summed E-state index contributed by atoms with van der Waals surface area (Å²) in [6, 6.07) is 10.9. The molecule has 0 aliphatic carbocycles. The van der Waals surface area contributed by atoms with Gasteiger partial charge in [-0.3, -0.25) is 4.90 Å². The standard InChI is InChI=1S/C24H39N3OS/c1-7-23(29)22(13-16-25-4)28-20(3)19(2)27-17-14-24(15-18-27,26(5)6)21-11-9-8-10-12-21/h7-12,22,25,29H,13-18H2,1-6H3/b20-19-,23-7-. The van der Waals surface area contributed by atoms with Gasteiger partial charge in [0.1, 0.15) is 11.9 Å². The smallest absolute Gasteiger partial charge is 0.130 e. The zero-order chi connectivity index (χ0) is 21.4. The molecule has 0 amide bonds. The van der Waals surface area contributed by atoms with Crippen LogP contribution >= 0.6 is 12.6 Å². The van der Waals surface area contributed by atoms with Gasteiger partial charge in [-0.25, -0.2) is 0 Å². The number of piperidine rings is 1. The minimum Gasteiger partial charge on any atom is -0.488 e. The van der Waals surface area contributed by atoms with Crippen LogP contribution < -0.4 is 5.32 Å². The van der Waals surface area contributed by atoms with Crippen molar-refractivity contribution in [1.29, 1.82) is 0 Å². The van der Waals surface area contributed by atoms with Crippen LogP contribution in [0.2, 0.25) is 0 Å². The molecule has 1 fully saturated rings. The number of hydrogen-bond acceptors (Lipinski definition) is 5. The molecule has 1 unspecified atom stereocenters. The van der Waals surface area contributed by atoms with E-state index in [1.807, 2.05) is 20.0 Å². The molecule has 29 heavy (non-hydrogen) atoms. The van der Waals surface area contributed by atoms with Gasteiger partial charge in [0.15, 0.2) is 0 Å². The third-order valence-electron chi connectivity index (χ3n) is 6.34. The minimum atomic E-state index is 0.000656. The van der Waals surface area contributed by atoms with Crippen LogP contribution in [0.15, 0.2) is 52.8 Å². The second-order valence-corrected chi connectivity index (χ2v) is 8.65. The highest BCUT2D eigenvalue weighted by atomic mass is 32.1. The van der Waals surface area contributed by atoms with Crippen LogP contribution in [0.3, 0.4) is 0 Å². The van der Waals surface area contributed by atoms with Gasteiger partial charge in [0, 0.05) is 35.7 Å². The average Bonchev–Trinajstić information content (AvgIpc) is 2.75. The van der Waals surface area contributed by atoms with E-state index in [-0.39, 0.29) is 11.6 Å². The fraction of sp³-hybridized carbons (Fsp3) is 0.583. The predicted octanol–water partition coefficient (Wildman–Crippen LogP) is 4.62. The maximum atomic E-state index is 6.35. The Balaban J connectivity index is 2.11. The van der Waals surface area contributed by atoms with Crippen molar-refractivity contribution < 1.29 is 4.74 Å². The molecule has 162 valence electrons. The molecule has 0 radical (unpaired) electrons. The molecule has 2 rings (SSSR count). The van der Waals surface area contributed by atoms with E-state index in [0.29, 0.717) is 0 Å². The third kappa shape index (κ3) is 5.80. The maximum absolute atomic E-state index is 6.35. The number of nitrogens with zero attached hydrogens (tertiary/aromatic N) is 2. The number of benzene rings is 1. The van der Waals surface area contributed by atoms with E-state index < -0.39 is 0 Å². The molecule has 1 saturated heterocycles. The van der Waals surface area contributed by atoms with Crippen LogP contribution in [0, 0.1) is 0 Å². The highest BCUT2D eigenvalue weighted by molar-refractivity contribution is 7.84. The molecule has 0 spiro atoms. The third-order valence-corrected chi connectivity index (χ3v) is 6.89. The lowest BCUT2D eigenvalue weighted by molar-refractivity contribution is 0.0615. The molecule has 1 heterocycles. The lowest BCUT2D eigenvalue weighted by Gasteiger charge is -2.47. The predicted molar refractivity (Wildman–Crippen MR) is 127 cm³/mol. The van der Waals surface area contributed by atoms with E-state index in [9.17, 15) is 0 Å². The first kappa shape index (κ1) is 23.8. The van der Waals surface area contributed by atoms with Gasteiger partial charge in [-0.15, -0.1) is 12.6 Å². The highest BCUT2D eigenvalue weighted by Crippen LogP contribution is 2.38. The van der Waals surface area contributed by atoms with E-state index in [1.54, 1.807) is 0 Å². The van der Waals surface area contributed by atoms with Crippen LogP contribution in [-0.2, 0) is 10.3 Å². The number of nitrogens with one attached hydrogen (secondary N) is 1. The zero-order valence-electron chi connectivity index (χ0n) is 19.0. The van der Waals surface area contributed by atoms with Gasteiger partial charge >= 0.3 is 0 Å². The van der Waals surface area contributed by atoms with E-state index in [4.69, 9.17) is 4.74 Å². The molecule has 1 N–H and O–H groups in total. The number of likely N-dealkylation sites (tertiary alicyclic amines) is 1. The van der Waals surface area contributed by atoms with Gasteiger partial charge in [-0.1, -0.05) is 36.4 Å². The number of ether oxygens (including phenoxy) is 1. The van der Waals surface area contributed by atoms with Crippen molar-refractivity contribution in [3.8, 4) is 0 Å². The number of thiol groups is 1. The summed E-state index contributed by atoms with van der Waals surface area (Å²) >= 11 is 4.62. The van der Waals surface area contributed by atoms with Crippen molar-refractivity contribution in [2.45, 2.75) is 51.7 Å². The first-order valence-corrected chi connectivity index (χ1v) is 11.1.